The highest BCUT2D eigenvalue weighted by Gasteiger charge is 2.21. The number of amides is 2. The second-order valence-corrected chi connectivity index (χ2v) is 7.63. The molecular weight excluding hydrogens is 344 g/mol. The first kappa shape index (κ1) is 18.5. The maximum atomic E-state index is 12.2. The summed E-state index contributed by atoms with van der Waals surface area (Å²) in [6, 6.07) is 15.8. The van der Waals surface area contributed by atoms with Crippen molar-refractivity contribution in [1.82, 2.24) is 0 Å². The van der Waals surface area contributed by atoms with Gasteiger partial charge in [0.1, 0.15) is 0 Å². The number of hydrogen-bond acceptors (Lipinski definition) is 3. The summed E-state index contributed by atoms with van der Waals surface area (Å²) in [5, 5.41) is 2.95. The minimum atomic E-state index is 0.00892. The summed E-state index contributed by atoms with van der Waals surface area (Å²) in [4.78, 5) is 27.3. The van der Waals surface area contributed by atoms with E-state index in [-0.39, 0.29) is 11.8 Å². The molecule has 1 saturated heterocycles. The molecule has 1 heterocycles. The van der Waals surface area contributed by atoms with Crippen molar-refractivity contribution in [2.75, 3.05) is 22.5 Å². The van der Waals surface area contributed by atoms with Crippen molar-refractivity contribution in [3.05, 3.63) is 54.1 Å². The van der Waals surface area contributed by atoms with Gasteiger partial charge in [-0.2, -0.15) is 0 Å². The predicted molar refractivity (Wildman–Crippen MR) is 108 cm³/mol. The number of piperidine rings is 1. The van der Waals surface area contributed by atoms with Gasteiger partial charge in [0, 0.05) is 41.4 Å². The molecule has 0 saturated carbocycles. The highest BCUT2D eigenvalue weighted by molar-refractivity contribution is 7.99. The average Bonchev–Trinajstić information content (AvgIpc) is 2.64. The Balaban J connectivity index is 1.53. The van der Waals surface area contributed by atoms with Crippen LogP contribution in [0.1, 0.15) is 31.2 Å². The highest BCUT2D eigenvalue weighted by Crippen LogP contribution is 2.27. The molecule has 2 amide bonds. The van der Waals surface area contributed by atoms with E-state index in [9.17, 15) is 9.59 Å². The number of thioether (sulfide) groups is 1. The molecule has 0 spiro atoms. The van der Waals surface area contributed by atoms with Crippen LogP contribution in [0, 0.1) is 6.92 Å². The van der Waals surface area contributed by atoms with E-state index in [1.54, 1.807) is 11.8 Å². The molecule has 1 N–H and O–H groups in total. The van der Waals surface area contributed by atoms with Gasteiger partial charge in [0.15, 0.2) is 0 Å². The zero-order valence-electron chi connectivity index (χ0n) is 15.0. The number of nitrogens with one attached hydrogen (secondary N) is 1. The van der Waals surface area contributed by atoms with E-state index in [2.05, 4.69) is 5.32 Å². The highest BCUT2D eigenvalue weighted by atomic mass is 32.2. The molecule has 0 aromatic heterocycles. The third-order valence-electron chi connectivity index (χ3n) is 4.44. The molecule has 1 aliphatic heterocycles. The van der Waals surface area contributed by atoms with E-state index in [1.165, 1.54) is 4.90 Å². The van der Waals surface area contributed by atoms with E-state index in [4.69, 9.17) is 0 Å². The second-order valence-electron chi connectivity index (χ2n) is 6.46. The third kappa shape index (κ3) is 4.88. The van der Waals surface area contributed by atoms with Gasteiger partial charge in [-0.05, 0) is 55.7 Å². The zero-order chi connectivity index (χ0) is 18.4. The Bertz CT molecular complexity index is 777. The molecule has 0 aliphatic carbocycles. The quantitative estimate of drug-likeness (QED) is 0.756. The van der Waals surface area contributed by atoms with Gasteiger partial charge in [-0.15, -0.1) is 11.8 Å². The van der Waals surface area contributed by atoms with E-state index < -0.39 is 0 Å². The fraction of sp³-hybridized carbons (Fsp3) is 0.333. The number of anilines is 2. The summed E-state index contributed by atoms with van der Waals surface area (Å²) >= 11 is 1.68. The Labute approximate surface area is 159 Å². The summed E-state index contributed by atoms with van der Waals surface area (Å²) in [5.74, 6) is 0.943. The number of hydrogen-bond donors (Lipinski definition) is 1. The Morgan fingerprint density at radius 1 is 1.15 bits per heavy atom. The first-order chi connectivity index (χ1) is 12.6. The Hall–Kier alpha value is -2.27. The van der Waals surface area contributed by atoms with Crippen LogP contribution in [0.4, 0.5) is 11.4 Å². The molecule has 0 bridgehead atoms. The molecule has 1 aliphatic rings. The lowest BCUT2D eigenvalue weighted by atomic mass is 10.1. The van der Waals surface area contributed by atoms with Crippen molar-refractivity contribution in [2.45, 2.75) is 37.5 Å². The van der Waals surface area contributed by atoms with Crippen LogP contribution < -0.4 is 10.2 Å². The number of nitrogens with zero attached hydrogens (tertiary/aromatic N) is 1. The van der Waals surface area contributed by atoms with Crippen molar-refractivity contribution in [1.29, 1.82) is 0 Å². The van der Waals surface area contributed by atoms with Gasteiger partial charge in [0.25, 0.3) is 0 Å². The maximum absolute atomic E-state index is 12.2. The first-order valence-electron chi connectivity index (χ1n) is 9.02. The standard InChI is InChI=1S/C21H24N2O2S/c1-16-15-17(10-11-19(16)23-13-6-5-9-21(23)25)22-20(24)12-14-26-18-7-3-2-4-8-18/h2-4,7-8,10-11,15H,5-6,9,12-14H2,1H3,(H,22,24). The molecule has 26 heavy (non-hydrogen) atoms. The minimum absolute atomic E-state index is 0.00892. The SMILES string of the molecule is Cc1cc(NC(=O)CCSc2ccccc2)ccc1N1CCCCC1=O. The van der Waals surface area contributed by atoms with E-state index in [0.29, 0.717) is 12.8 Å². The topological polar surface area (TPSA) is 49.4 Å². The summed E-state index contributed by atoms with van der Waals surface area (Å²) < 4.78 is 0. The molecule has 5 heteroatoms. The number of carbonyl (C=O) groups is 2. The van der Waals surface area contributed by atoms with Crippen LogP contribution in [0.5, 0.6) is 0 Å². The van der Waals surface area contributed by atoms with Crippen LogP contribution in [-0.2, 0) is 9.59 Å². The molecule has 2 aromatic rings. The van der Waals surface area contributed by atoms with Gasteiger partial charge >= 0.3 is 0 Å². The number of aryl methyl sites for hydroxylation is 1. The monoisotopic (exact) mass is 368 g/mol. The molecule has 2 aromatic carbocycles. The number of rotatable bonds is 6. The van der Waals surface area contributed by atoms with Crippen LogP contribution in [0.2, 0.25) is 0 Å². The molecule has 3 rings (SSSR count). The molecule has 4 nitrogen and oxygen atoms in total. The van der Waals surface area contributed by atoms with Gasteiger partial charge in [0.2, 0.25) is 11.8 Å². The summed E-state index contributed by atoms with van der Waals surface area (Å²) in [6.45, 7) is 2.76. The van der Waals surface area contributed by atoms with Crippen LogP contribution in [0.25, 0.3) is 0 Å². The van der Waals surface area contributed by atoms with E-state index >= 15 is 0 Å². The first-order valence-corrected chi connectivity index (χ1v) is 10.0. The molecular formula is C21H24N2O2S. The Kier molecular flexibility index (Phi) is 6.34. The largest absolute Gasteiger partial charge is 0.326 e. The molecule has 1 fully saturated rings. The molecule has 0 radical (unpaired) electrons. The fourth-order valence-electron chi connectivity index (χ4n) is 3.10. The summed E-state index contributed by atoms with van der Waals surface area (Å²) in [6.07, 6.45) is 3.11. The van der Waals surface area contributed by atoms with E-state index in [1.807, 2.05) is 60.4 Å². The Morgan fingerprint density at radius 2 is 1.96 bits per heavy atom. The fourth-order valence-corrected chi connectivity index (χ4v) is 3.97. The smallest absolute Gasteiger partial charge is 0.226 e. The molecule has 136 valence electrons. The van der Waals surface area contributed by atoms with Crippen molar-refractivity contribution < 1.29 is 9.59 Å². The van der Waals surface area contributed by atoms with Gasteiger partial charge in [-0.25, -0.2) is 0 Å². The van der Waals surface area contributed by atoms with Crippen LogP contribution in [0.3, 0.4) is 0 Å². The summed E-state index contributed by atoms with van der Waals surface area (Å²) in [7, 11) is 0. The predicted octanol–water partition coefficient (Wildman–Crippen LogP) is 4.63. The summed E-state index contributed by atoms with van der Waals surface area (Å²) in [5.41, 5.74) is 2.74. The van der Waals surface area contributed by atoms with Gasteiger partial charge in [-0.3, -0.25) is 9.59 Å². The number of carbonyl (C=O) groups excluding carboxylic acids is 2. The van der Waals surface area contributed by atoms with Crippen molar-refractivity contribution in [3.8, 4) is 0 Å². The minimum Gasteiger partial charge on any atom is -0.326 e. The van der Waals surface area contributed by atoms with Crippen LogP contribution in [-0.4, -0.2) is 24.1 Å². The lowest BCUT2D eigenvalue weighted by Gasteiger charge is -2.28. The van der Waals surface area contributed by atoms with Crippen molar-refractivity contribution in [3.63, 3.8) is 0 Å². The third-order valence-corrected chi connectivity index (χ3v) is 5.45. The number of benzene rings is 2. The van der Waals surface area contributed by atoms with Gasteiger partial charge < -0.3 is 10.2 Å². The molecule has 0 unspecified atom stereocenters. The average molecular weight is 369 g/mol. The normalized spacial score (nSPS) is 14.3. The van der Waals surface area contributed by atoms with Gasteiger partial charge in [0.05, 0.1) is 0 Å². The van der Waals surface area contributed by atoms with Crippen molar-refractivity contribution >= 4 is 35.0 Å². The van der Waals surface area contributed by atoms with Crippen LogP contribution in [0.15, 0.2) is 53.4 Å². The lowest BCUT2D eigenvalue weighted by Crippen LogP contribution is -2.35. The Morgan fingerprint density at radius 3 is 2.69 bits per heavy atom. The van der Waals surface area contributed by atoms with Crippen LogP contribution >= 0.6 is 11.8 Å². The zero-order valence-corrected chi connectivity index (χ0v) is 15.8. The molecule has 0 atom stereocenters. The van der Waals surface area contributed by atoms with E-state index in [0.717, 1.165) is 42.1 Å². The lowest BCUT2D eigenvalue weighted by molar-refractivity contribution is -0.119. The maximum Gasteiger partial charge on any atom is 0.226 e. The van der Waals surface area contributed by atoms with Crippen molar-refractivity contribution in [2.24, 2.45) is 0 Å². The van der Waals surface area contributed by atoms with Gasteiger partial charge in [-0.1, -0.05) is 18.2 Å². The second kappa shape index (κ2) is 8.90.